The van der Waals surface area contributed by atoms with Crippen molar-refractivity contribution in [2.75, 3.05) is 19.6 Å². The molecule has 1 aromatic rings. The van der Waals surface area contributed by atoms with Gasteiger partial charge in [0.2, 0.25) is 5.91 Å². The van der Waals surface area contributed by atoms with E-state index < -0.39 is 4.92 Å². The van der Waals surface area contributed by atoms with Crippen LogP contribution in [0.15, 0.2) is 24.3 Å². The zero-order valence-corrected chi connectivity index (χ0v) is 13.0. The number of nitrogens with zero attached hydrogens (tertiary/aromatic N) is 2. The molecule has 1 aliphatic heterocycles. The first-order valence-corrected chi connectivity index (χ1v) is 7.88. The standard InChI is InChI=1S/C16H21N3O4/c20-15-8-2-1-3-10-18(15)11-5-9-17-16(21)13-6-4-7-14(12-13)19(22)23/h4,6-7,12H,1-3,5,8-11H2,(H,17,21). The van der Waals surface area contributed by atoms with Crippen molar-refractivity contribution in [3.63, 3.8) is 0 Å². The molecule has 1 aliphatic rings. The molecule has 0 bridgehead atoms. The van der Waals surface area contributed by atoms with Crippen molar-refractivity contribution < 1.29 is 14.5 Å². The van der Waals surface area contributed by atoms with Crippen LogP contribution >= 0.6 is 0 Å². The Bertz CT molecular complexity index is 588. The lowest BCUT2D eigenvalue weighted by Crippen LogP contribution is -2.34. The van der Waals surface area contributed by atoms with E-state index in [-0.39, 0.29) is 23.1 Å². The number of benzene rings is 1. The molecule has 124 valence electrons. The second-order valence-corrected chi connectivity index (χ2v) is 5.61. The minimum atomic E-state index is -0.526. The van der Waals surface area contributed by atoms with Gasteiger partial charge in [-0.1, -0.05) is 12.5 Å². The van der Waals surface area contributed by atoms with E-state index in [0.29, 0.717) is 25.9 Å². The van der Waals surface area contributed by atoms with Gasteiger partial charge in [-0.15, -0.1) is 0 Å². The first-order valence-electron chi connectivity index (χ1n) is 7.88. The maximum Gasteiger partial charge on any atom is 0.270 e. The lowest BCUT2D eigenvalue weighted by Gasteiger charge is -2.20. The van der Waals surface area contributed by atoms with Crippen molar-refractivity contribution in [2.45, 2.75) is 32.1 Å². The number of carbonyl (C=O) groups excluding carboxylic acids is 2. The molecule has 0 saturated carbocycles. The Morgan fingerprint density at radius 3 is 2.91 bits per heavy atom. The minimum absolute atomic E-state index is 0.104. The Kier molecular flexibility index (Phi) is 6.08. The van der Waals surface area contributed by atoms with Crippen LogP contribution in [0.2, 0.25) is 0 Å². The number of rotatable bonds is 6. The molecule has 0 atom stereocenters. The summed E-state index contributed by atoms with van der Waals surface area (Å²) in [5.74, 6) is -0.150. The van der Waals surface area contributed by atoms with E-state index in [0.717, 1.165) is 25.8 Å². The fraction of sp³-hybridized carbons (Fsp3) is 0.500. The van der Waals surface area contributed by atoms with Crippen molar-refractivity contribution in [3.8, 4) is 0 Å². The van der Waals surface area contributed by atoms with Crippen LogP contribution in [0.4, 0.5) is 5.69 Å². The first kappa shape index (κ1) is 16.9. The average Bonchev–Trinajstić information content (AvgIpc) is 2.76. The van der Waals surface area contributed by atoms with Gasteiger partial charge in [-0.05, 0) is 25.3 Å². The van der Waals surface area contributed by atoms with Crippen molar-refractivity contribution in [2.24, 2.45) is 0 Å². The van der Waals surface area contributed by atoms with E-state index in [1.807, 2.05) is 4.90 Å². The molecule has 7 heteroatoms. The molecular formula is C16H21N3O4. The molecule has 7 nitrogen and oxygen atoms in total. The summed E-state index contributed by atoms with van der Waals surface area (Å²) >= 11 is 0. The summed E-state index contributed by atoms with van der Waals surface area (Å²) in [6.45, 7) is 1.86. The first-order chi connectivity index (χ1) is 11.1. The lowest BCUT2D eigenvalue weighted by atomic mass is 10.2. The third-order valence-corrected chi connectivity index (χ3v) is 3.88. The van der Waals surface area contributed by atoms with Crippen LogP contribution in [0.25, 0.3) is 0 Å². The monoisotopic (exact) mass is 319 g/mol. The molecule has 1 saturated heterocycles. The van der Waals surface area contributed by atoms with Crippen molar-refractivity contribution in [1.82, 2.24) is 10.2 Å². The van der Waals surface area contributed by atoms with Crippen LogP contribution in [0.1, 0.15) is 42.5 Å². The van der Waals surface area contributed by atoms with Gasteiger partial charge in [0.1, 0.15) is 0 Å². The predicted molar refractivity (Wildman–Crippen MR) is 85.1 cm³/mol. The number of nitro groups is 1. The van der Waals surface area contributed by atoms with Gasteiger partial charge in [0, 0.05) is 43.8 Å². The van der Waals surface area contributed by atoms with Gasteiger partial charge in [-0.3, -0.25) is 19.7 Å². The highest BCUT2D eigenvalue weighted by atomic mass is 16.6. The van der Waals surface area contributed by atoms with Gasteiger partial charge in [0.05, 0.1) is 4.92 Å². The number of hydrogen-bond donors (Lipinski definition) is 1. The third-order valence-electron chi connectivity index (χ3n) is 3.88. The van der Waals surface area contributed by atoms with E-state index in [2.05, 4.69) is 5.32 Å². The molecule has 1 fully saturated rings. The largest absolute Gasteiger partial charge is 0.352 e. The number of carbonyl (C=O) groups is 2. The zero-order chi connectivity index (χ0) is 16.7. The highest BCUT2D eigenvalue weighted by molar-refractivity contribution is 5.94. The van der Waals surface area contributed by atoms with Crippen molar-refractivity contribution in [3.05, 3.63) is 39.9 Å². The molecule has 0 aromatic heterocycles. The van der Waals surface area contributed by atoms with Crippen LogP contribution in [0, 0.1) is 10.1 Å². The van der Waals surface area contributed by atoms with E-state index in [4.69, 9.17) is 0 Å². The van der Waals surface area contributed by atoms with Gasteiger partial charge in [-0.25, -0.2) is 0 Å². The summed E-state index contributed by atoms with van der Waals surface area (Å²) < 4.78 is 0. The highest BCUT2D eigenvalue weighted by Gasteiger charge is 2.16. The molecule has 2 rings (SSSR count). The van der Waals surface area contributed by atoms with Crippen molar-refractivity contribution in [1.29, 1.82) is 0 Å². The molecule has 0 radical (unpaired) electrons. The number of nitro benzene ring substituents is 1. The fourth-order valence-electron chi connectivity index (χ4n) is 2.61. The van der Waals surface area contributed by atoms with Gasteiger partial charge >= 0.3 is 0 Å². The summed E-state index contributed by atoms with van der Waals surface area (Å²) in [5, 5.41) is 13.4. The fourth-order valence-corrected chi connectivity index (χ4v) is 2.61. The molecule has 0 spiro atoms. The third kappa shape index (κ3) is 5.05. The number of non-ortho nitro benzene ring substituents is 1. The van der Waals surface area contributed by atoms with Crippen LogP contribution in [0.3, 0.4) is 0 Å². The number of hydrogen-bond acceptors (Lipinski definition) is 4. The molecule has 0 unspecified atom stereocenters. The molecule has 1 heterocycles. The van der Waals surface area contributed by atoms with E-state index in [1.54, 1.807) is 6.07 Å². The van der Waals surface area contributed by atoms with Crippen LogP contribution in [-0.2, 0) is 4.79 Å². The van der Waals surface area contributed by atoms with E-state index >= 15 is 0 Å². The zero-order valence-electron chi connectivity index (χ0n) is 13.0. The molecular weight excluding hydrogens is 298 g/mol. The SMILES string of the molecule is O=C(NCCCN1CCCCCC1=O)c1cccc([N+](=O)[O-])c1. The summed E-state index contributed by atoms with van der Waals surface area (Å²) in [7, 11) is 0. The molecule has 1 N–H and O–H groups in total. The average molecular weight is 319 g/mol. The van der Waals surface area contributed by atoms with Gasteiger partial charge in [0.15, 0.2) is 0 Å². The highest BCUT2D eigenvalue weighted by Crippen LogP contribution is 2.13. The Hall–Kier alpha value is -2.44. The Morgan fingerprint density at radius 1 is 1.30 bits per heavy atom. The number of likely N-dealkylation sites (tertiary alicyclic amines) is 1. The Labute approximate surface area is 134 Å². The quantitative estimate of drug-likeness (QED) is 0.494. The van der Waals surface area contributed by atoms with E-state index in [9.17, 15) is 19.7 Å². The van der Waals surface area contributed by atoms with Crippen LogP contribution < -0.4 is 5.32 Å². The van der Waals surface area contributed by atoms with Gasteiger partial charge < -0.3 is 10.2 Å². The summed E-state index contributed by atoms with van der Waals surface area (Å²) in [5.41, 5.74) is 0.165. The molecule has 1 aromatic carbocycles. The number of amides is 2. The smallest absolute Gasteiger partial charge is 0.270 e. The minimum Gasteiger partial charge on any atom is -0.352 e. The Balaban J connectivity index is 1.77. The lowest BCUT2D eigenvalue weighted by molar-refractivity contribution is -0.384. The normalized spacial score (nSPS) is 15.1. The summed E-state index contributed by atoms with van der Waals surface area (Å²) in [6, 6.07) is 5.64. The second-order valence-electron chi connectivity index (χ2n) is 5.61. The van der Waals surface area contributed by atoms with E-state index in [1.165, 1.54) is 18.2 Å². The molecule has 23 heavy (non-hydrogen) atoms. The number of nitrogens with one attached hydrogen (secondary N) is 1. The second kappa shape index (κ2) is 8.26. The summed E-state index contributed by atoms with van der Waals surface area (Å²) in [4.78, 5) is 35.8. The predicted octanol–water partition coefficient (Wildman–Crippen LogP) is 2.12. The maximum absolute atomic E-state index is 12.0. The van der Waals surface area contributed by atoms with Crippen LogP contribution in [0.5, 0.6) is 0 Å². The van der Waals surface area contributed by atoms with Gasteiger partial charge in [0.25, 0.3) is 11.6 Å². The molecule has 0 aliphatic carbocycles. The topological polar surface area (TPSA) is 92.6 Å². The summed E-state index contributed by atoms with van der Waals surface area (Å²) in [6.07, 6.45) is 4.36. The molecule has 2 amide bonds. The maximum atomic E-state index is 12.0. The van der Waals surface area contributed by atoms with Crippen LogP contribution in [-0.4, -0.2) is 41.3 Å². The Morgan fingerprint density at radius 2 is 2.13 bits per heavy atom. The van der Waals surface area contributed by atoms with Crippen molar-refractivity contribution >= 4 is 17.5 Å². The van der Waals surface area contributed by atoms with Gasteiger partial charge in [-0.2, -0.15) is 0 Å².